The molecule has 0 spiro atoms. The molecule has 0 saturated carbocycles. The molecule has 0 aromatic heterocycles. The molecule has 0 aliphatic heterocycles. The van der Waals surface area contributed by atoms with Crippen molar-refractivity contribution < 1.29 is 14.3 Å². The number of rotatable bonds is 5. The van der Waals surface area contributed by atoms with Crippen LogP contribution in [0.2, 0.25) is 0 Å². The number of nitrogen functional groups attached to an aromatic ring is 1. The molecule has 5 heteroatoms. The van der Waals surface area contributed by atoms with Crippen LogP contribution >= 0.6 is 0 Å². The number of nitrogens with one attached hydrogen (secondary N) is 1. The highest BCUT2D eigenvalue weighted by Crippen LogP contribution is 2.23. The average Bonchev–Trinajstić information content (AvgIpc) is 2.50. The predicted molar refractivity (Wildman–Crippen MR) is 83.1 cm³/mol. The van der Waals surface area contributed by atoms with Crippen molar-refractivity contribution >= 4 is 23.0 Å². The molecule has 0 heterocycles. The van der Waals surface area contributed by atoms with Crippen LogP contribution in [0, 0.1) is 0 Å². The molecular formula is C16H18N2O3. The minimum absolute atomic E-state index is 0.341. The van der Waals surface area contributed by atoms with Gasteiger partial charge in [-0.25, -0.2) is 4.79 Å². The van der Waals surface area contributed by atoms with Crippen LogP contribution in [0.3, 0.4) is 0 Å². The number of nitrogens with two attached hydrogens (primary N) is 1. The van der Waals surface area contributed by atoms with Gasteiger partial charge in [-0.15, -0.1) is 0 Å². The first-order chi connectivity index (χ1) is 10.1. The lowest BCUT2D eigenvalue weighted by Gasteiger charge is -2.10. The fourth-order valence-corrected chi connectivity index (χ4v) is 1.89. The first-order valence-corrected chi connectivity index (χ1v) is 6.61. The van der Waals surface area contributed by atoms with Crippen LogP contribution in [0.25, 0.3) is 0 Å². The van der Waals surface area contributed by atoms with E-state index in [2.05, 4.69) is 5.32 Å². The second kappa shape index (κ2) is 6.65. The van der Waals surface area contributed by atoms with Gasteiger partial charge in [0.15, 0.2) is 0 Å². The van der Waals surface area contributed by atoms with Crippen LogP contribution in [0.5, 0.6) is 5.75 Å². The lowest BCUT2D eigenvalue weighted by molar-refractivity contribution is 0.0602. The number of anilines is 3. The predicted octanol–water partition coefficient (Wildman–Crippen LogP) is 3.20. The van der Waals surface area contributed by atoms with Crippen molar-refractivity contribution in [2.24, 2.45) is 0 Å². The second-order valence-corrected chi connectivity index (χ2v) is 4.38. The summed E-state index contributed by atoms with van der Waals surface area (Å²) >= 11 is 0. The van der Waals surface area contributed by atoms with Crippen molar-refractivity contribution in [3.8, 4) is 5.75 Å². The van der Waals surface area contributed by atoms with Crippen LogP contribution in [0.1, 0.15) is 17.3 Å². The van der Waals surface area contributed by atoms with Gasteiger partial charge in [0.25, 0.3) is 0 Å². The molecule has 0 fully saturated rings. The Hall–Kier alpha value is -2.69. The lowest BCUT2D eigenvalue weighted by Crippen LogP contribution is -2.06. The number of hydrogen-bond acceptors (Lipinski definition) is 5. The minimum atomic E-state index is -0.456. The third-order valence-corrected chi connectivity index (χ3v) is 2.91. The van der Waals surface area contributed by atoms with Crippen molar-refractivity contribution in [1.29, 1.82) is 0 Å². The highest BCUT2D eigenvalue weighted by atomic mass is 16.5. The summed E-state index contributed by atoms with van der Waals surface area (Å²) in [5, 5.41) is 3.20. The SMILES string of the molecule is CCOc1ccc(Nc2ccc(N)c(C(=O)OC)c2)cc1. The average molecular weight is 286 g/mol. The first kappa shape index (κ1) is 14.7. The smallest absolute Gasteiger partial charge is 0.340 e. The summed E-state index contributed by atoms with van der Waals surface area (Å²) in [6.45, 7) is 2.57. The van der Waals surface area contributed by atoms with Crippen molar-refractivity contribution in [2.75, 3.05) is 24.8 Å². The van der Waals surface area contributed by atoms with E-state index in [1.165, 1.54) is 7.11 Å². The molecule has 0 atom stereocenters. The largest absolute Gasteiger partial charge is 0.494 e. The molecule has 0 bridgehead atoms. The third-order valence-electron chi connectivity index (χ3n) is 2.91. The number of carbonyl (C=O) groups is 1. The van der Waals surface area contributed by atoms with Gasteiger partial charge < -0.3 is 20.5 Å². The van der Waals surface area contributed by atoms with Crippen LogP contribution in [0.4, 0.5) is 17.1 Å². The molecule has 0 saturated heterocycles. The maximum Gasteiger partial charge on any atom is 0.340 e. The van der Waals surface area contributed by atoms with Gasteiger partial charge in [-0.2, -0.15) is 0 Å². The topological polar surface area (TPSA) is 73.6 Å². The Labute approximate surface area is 123 Å². The van der Waals surface area contributed by atoms with Crippen LogP contribution in [-0.4, -0.2) is 19.7 Å². The van der Waals surface area contributed by atoms with E-state index in [1.807, 2.05) is 31.2 Å². The quantitative estimate of drug-likeness (QED) is 0.652. The summed E-state index contributed by atoms with van der Waals surface area (Å²) in [5.41, 5.74) is 8.14. The normalized spacial score (nSPS) is 10.0. The van der Waals surface area contributed by atoms with Gasteiger partial charge in [0, 0.05) is 17.1 Å². The third kappa shape index (κ3) is 3.66. The van der Waals surface area contributed by atoms with E-state index >= 15 is 0 Å². The number of esters is 1. The molecule has 5 nitrogen and oxygen atoms in total. The maximum absolute atomic E-state index is 11.6. The van der Waals surface area contributed by atoms with Gasteiger partial charge in [-0.3, -0.25) is 0 Å². The summed E-state index contributed by atoms with van der Waals surface area (Å²) in [6, 6.07) is 12.7. The van der Waals surface area contributed by atoms with Crippen molar-refractivity contribution in [3.63, 3.8) is 0 Å². The summed E-state index contributed by atoms with van der Waals surface area (Å²) in [5.74, 6) is 0.360. The molecule has 0 aliphatic rings. The van der Waals surface area contributed by atoms with Gasteiger partial charge in [0.1, 0.15) is 5.75 Å². The van der Waals surface area contributed by atoms with E-state index < -0.39 is 5.97 Å². The van der Waals surface area contributed by atoms with E-state index in [-0.39, 0.29) is 0 Å². The summed E-state index contributed by atoms with van der Waals surface area (Å²) in [6.07, 6.45) is 0. The van der Waals surface area contributed by atoms with E-state index in [9.17, 15) is 4.79 Å². The van der Waals surface area contributed by atoms with Gasteiger partial charge in [-0.05, 0) is 49.4 Å². The monoisotopic (exact) mass is 286 g/mol. The summed E-state index contributed by atoms with van der Waals surface area (Å²) in [7, 11) is 1.33. The molecule has 2 aromatic rings. The Morgan fingerprint density at radius 3 is 2.43 bits per heavy atom. The molecule has 110 valence electrons. The Kier molecular flexibility index (Phi) is 4.66. The van der Waals surface area contributed by atoms with E-state index in [0.717, 1.165) is 17.1 Å². The Bertz CT molecular complexity index is 624. The molecule has 3 N–H and O–H groups in total. The van der Waals surface area contributed by atoms with Gasteiger partial charge in [0.05, 0.1) is 19.3 Å². The number of ether oxygens (including phenoxy) is 2. The fourth-order valence-electron chi connectivity index (χ4n) is 1.89. The van der Waals surface area contributed by atoms with Crippen molar-refractivity contribution in [1.82, 2.24) is 0 Å². The zero-order valence-electron chi connectivity index (χ0n) is 12.1. The number of methoxy groups -OCH3 is 1. The van der Waals surface area contributed by atoms with Crippen LogP contribution in [-0.2, 0) is 4.74 Å². The first-order valence-electron chi connectivity index (χ1n) is 6.61. The van der Waals surface area contributed by atoms with Gasteiger partial charge >= 0.3 is 5.97 Å². The number of benzene rings is 2. The van der Waals surface area contributed by atoms with Crippen LogP contribution < -0.4 is 15.8 Å². The van der Waals surface area contributed by atoms with E-state index in [1.54, 1.807) is 18.2 Å². The molecule has 21 heavy (non-hydrogen) atoms. The van der Waals surface area contributed by atoms with Crippen molar-refractivity contribution in [3.05, 3.63) is 48.0 Å². The molecule has 0 aliphatic carbocycles. The lowest BCUT2D eigenvalue weighted by atomic mass is 10.1. The molecule has 0 unspecified atom stereocenters. The molecular weight excluding hydrogens is 268 g/mol. The summed E-state index contributed by atoms with van der Waals surface area (Å²) < 4.78 is 10.1. The molecule has 2 rings (SSSR count). The van der Waals surface area contributed by atoms with E-state index in [4.69, 9.17) is 15.2 Å². The summed E-state index contributed by atoms with van der Waals surface area (Å²) in [4.78, 5) is 11.6. The van der Waals surface area contributed by atoms with E-state index in [0.29, 0.717) is 17.9 Å². The standard InChI is InChI=1S/C16H18N2O3/c1-3-21-13-7-4-11(5-8-13)18-12-6-9-15(17)14(10-12)16(19)20-2/h4-10,18H,3,17H2,1-2H3. The maximum atomic E-state index is 11.6. The second-order valence-electron chi connectivity index (χ2n) is 4.38. The fraction of sp³-hybridized carbons (Fsp3) is 0.188. The highest BCUT2D eigenvalue weighted by molar-refractivity contribution is 5.96. The number of hydrogen-bond donors (Lipinski definition) is 2. The molecule has 0 radical (unpaired) electrons. The van der Waals surface area contributed by atoms with Crippen LogP contribution in [0.15, 0.2) is 42.5 Å². The number of carbonyl (C=O) groups excluding carboxylic acids is 1. The Morgan fingerprint density at radius 2 is 1.81 bits per heavy atom. The van der Waals surface area contributed by atoms with Crippen molar-refractivity contribution in [2.45, 2.75) is 6.92 Å². The zero-order valence-corrected chi connectivity index (χ0v) is 12.1. The Balaban J connectivity index is 2.17. The van der Waals surface area contributed by atoms with Gasteiger partial charge in [-0.1, -0.05) is 0 Å². The zero-order chi connectivity index (χ0) is 15.2. The molecule has 0 amide bonds. The Morgan fingerprint density at radius 1 is 1.14 bits per heavy atom. The molecule has 2 aromatic carbocycles. The minimum Gasteiger partial charge on any atom is -0.494 e. The highest BCUT2D eigenvalue weighted by Gasteiger charge is 2.10. The van der Waals surface area contributed by atoms with Gasteiger partial charge in [0.2, 0.25) is 0 Å².